The maximum Gasteiger partial charge on any atom is 0.344 e. The highest BCUT2D eigenvalue weighted by Crippen LogP contribution is 2.31. The first-order valence-corrected chi connectivity index (χ1v) is 10.5. The molecule has 0 unspecified atom stereocenters. The zero-order valence-corrected chi connectivity index (χ0v) is 17.9. The number of nitrogens with one attached hydrogen (secondary N) is 1. The van der Waals surface area contributed by atoms with E-state index in [-0.39, 0.29) is 29.4 Å². The van der Waals surface area contributed by atoms with Gasteiger partial charge >= 0.3 is 5.97 Å². The largest absolute Gasteiger partial charge is 0.462 e. The molecule has 0 fully saturated rings. The average molecular weight is 419 g/mol. The van der Waals surface area contributed by atoms with Gasteiger partial charge in [-0.15, -0.1) is 10.2 Å². The van der Waals surface area contributed by atoms with Gasteiger partial charge in [0.2, 0.25) is 5.88 Å². The third kappa shape index (κ3) is 4.21. The van der Waals surface area contributed by atoms with Gasteiger partial charge in [0.25, 0.3) is 0 Å². The topological polar surface area (TPSA) is 94.3 Å². The molecule has 1 aliphatic carbocycles. The summed E-state index contributed by atoms with van der Waals surface area (Å²) in [6, 6.07) is 10.1. The highest BCUT2D eigenvalue weighted by atomic mass is 16.5. The number of esters is 1. The Hall–Kier alpha value is -3.48. The molecule has 2 heterocycles. The molecule has 0 amide bonds. The van der Waals surface area contributed by atoms with Crippen LogP contribution in [0.1, 0.15) is 64.3 Å². The molecule has 0 bridgehead atoms. The Labute approximate surface area is 180 Å². The molecule has 2 aromatic heterocycles. The van der Waals surface area contributed by atoms with E-state index in [2.05, 4.69) is 33.7 Å². The second-order valence-electron chi connectivity index (χ2n) is 7.63. The zero-order valence-electron chi connectivity index (χ0n) is 17.9. The lowest BCUT2D eigenvalue weighted by Gasteiger charge is -2.16. The first-order chi connectivity index (χ1) is 15.0. The van der Waals surface area contributed by atoms with Gasteiger partial charge in [0.1, 0.15) is 11.3 Å². The second kappa shape index (κ2) is 8.71. The Balaban J connectivity index is 1.60. The zero-order chi connectivity index (χ0) is 22.0. The highest BCUT2D eigenvalue weighted by molar-refractivity contribution is 6.09. The number of hydrogen-bond donors (Lipinski definition) is 1. The smallest absolute Gasteiger partial charge is 0.344 e. The van der Waals surface area contributed by atoms with E-state index < -0.39 is 5.97 Å². The predicted molar refractivity (Wildman–Crippen MR) is 117 cm³/mol. The van der Waals surface area contributed by atoms with Crippen LogP contribution in [-0.4, -0.2) is 28.6 Å². The number of furan rings is 1. The van der Waals surface area contributed by atoms with Crippen molar-refractivity contribution in [1.29, 1.82) is 0 Å². The Kier molecular flexibility index (Phi) is 5.84. The van der Waals surface area contributed by atoms with E-state index in [0.29, 0.717) is 11.6 Å². The molecule has 0 saturated heterocycles. The van der Waals surface area contributed by atoms with E-state index >= 15 is 0 Å². The third-order valence-corrected chi connectivity index (χ3v) is 5.47. The number of nitrogens with zero attached hydrogens (tertiary/aromatic N) is 2. The van der Waals surface area contributed by atoms with Crippen molar-refractivity contribution in [3.63, 3.8) is 0 Å². The number of hydrogen-bond acceptors (Lipinski definition) is 7. The van der Waals surface area contributed by atoms with Crippen LogP contribution >= 0.6 is 0 Å². The molecule has 1 aliphatic rings. The fourth-order valence-electron chi connectivity index (χ4n) is 4.02. The molecule has 0 saturated carbocycles. The van der Waals surface area contributed by atoms with Gasteiger partial charge in [0.15, 0.2) is 11.6 Å². The monoisotopic (exact) mass is 419 g/mol. The minimum absolute atomic E-state index is 0.0763. The molecular formula is C24H25N3O4. The molecule has 160 valence electrons. The van der Waals surface area contributed by atoms with E-state index in [0.717, 1.165) is 24.1 Å². The molecule has 3 aromatic rings. The number of benzene rings is 1. The summed E-state index contributed by atoms with van der Waals surface area (Å²) >= 11 is 0. The summed E-state index contributed by atoms with van der Waals surface area (Å²) in [4.78, 5) is 24.5. The van der Waals surface area contributed by atoms with Crippen LogP contribution in [0.2, 0.25) is 0 Å². The van der Waals surface area contributed by atoms with Crippen LogP contribution in [0.5, 0.6) is 0 Å². The quantitative estimate of drug-likeness (QED) is 0.441. The van der Waals surface area contributed by atoms with Gasteiger partial charge in [-0.2, -0.15) is 0 Å². The number of aryl methyl sites for hydroxylation is 3. The molecule has 31 heavy (non-hydrogen) atoms. The molecule has 7 nitrogen and oxygen atoms in total. The third-order valence-electron chi connectivity index (χ3n) is 5.47. The summed E-state index contributed by atoms with van der Waals surface area (Å²) in [5, 5.41) is 11.5. The van der Waals surface area contributed by atoms with Gasteiger partial charge in [0.05, 0.1) is 17.9 Å². The summed E-state index contributed by atoms with van der Waals surface area (Å²) in [7, 11) is 0. The molecular weight excluding hydrogens is 394 g/mol. The first kappa shape index (κ1) is 20.8. The van der Waals surface area contributed by atoms with Crippen molar-refractivity contribution in [3.05, 3.63) is 58.3 Å². The van der Waals surface area contributed by atoms with Crippen LogP contribution < -0.4 is 5.32 Å². The van der Waals surface area contributed by atoms with Gasteiger partial charge in [-0.3, -0.25) is 4.79 Å². The minimum Gasteiger partial charge on any atom is -0.462 e. The number of carbonyl (C=O) groups is 2. The van der Waals surface area contributed by atoms with Gasteiger partial charge in [-0.25, -0.2) is 4.79 Å². The Morgan fingerprint density at radius 3 is 2.52 bits per heavy atom. The molecule has 7 heteroatoms. The van der Waals surface area contributed by atoms with Crippen LogP contribution in [-0.2, 0) is 17.6 Å². The summed E-state index contributed by atoms with van der Waals surface area (Å²) in [5.74, 6) is -0.0262. The van der Waals surface area contributed by atoms with E-state index in [1.807, 2.05) is 6.07 Å². The van der Waals surface area contributed by atoms with E-state index in [1.54, 1.807) is 19.9 Å². The van der Waals surface area contributed by atoms with Crippen LogP contribution in [0.4, 0.5) is 11.7 Å². The lowest BCUT2D eigenvalue weighted by Crippen LogP contribution is -2.11. The average Bonchev–Trinajstić information content (AvgIpc) is 3.10. The number of rotatable bonds is 6. The highest BCUT2D eigenvalue weighted by Gasteiger charge is 2.28. The molecule has 1 N–H and O–H groups in total. The normalized spacial score (nSPS) is 12.9. The Morgan fingerprint density at radius 1 is 1.06 bits per heavy atom. The Morgan fingerprint density at radius 2 is 1.84 bits per heavy atom. The molecule has 0 radical (unpaired) electrons. The van der Waals surface area contributed by atoms with Crippen LogP contribution in [0.15, 0.2) is 34.7 Å². The van der Waals surface area contributed by atoms with E-state index in [4.69, 9.17) is 9.15 Å². The van der Waals surface area contributed by atoms with Crippen LogP contribution in [0, 0.1) is 6.92 Å². The SMILES string of the molecule is CCOC(=O)c1c(Nc2ccc(-c3ccc4c(c3)CCCC4)nn2)oc(C)c1C(C)=O. The lowest BCUT2D eigenvalue weighted by atomic mass is 9.90. The molecule has 0 spiro atoms. The molecule has 4 rings (SSSR count). The van der Waals surface area contributed by atoms with Crippen molar-refractivity contribution in [3.8, 4) is 11.3 Å². The number of Topliss-reactive ketones (excluding diaryl/α,β-unsaturated/α-hetero) is 1. The fourth-order valence-corrected chi connectivity index (χ4v) is 4.02. The van der Waals surface area contributed by atoms with Gasteiger partial charge < -0.3 is 14.5 Å². The number of carbonyl (C=O) groups excluding carboxylic acids is 2. The number of anilines is 2. The maximum atomic E-state index is 12.4. The number of ether oxygens (including phenoxy) is 1. The maximum absolute atomic E-state index is 12.4. The lowest BCUT2D eigenvalue weighted by molar-refractivity contribution is 0.0524. The first-order valence-electron chi connectivity index (χ1n) is 10.5. The van der Waals surface area contributed by atoms with Crippen molar-refractivity contribution in [2.75, 3.05) is 11.9 Å². The van der Waals surface area contributed by atoms with E-state index in [9.17, 15) is 9.59 Å². The van der Waals surface area contributed by atoms with Crippen molar-refractivity contribution in [2.24, 2.45) is 0 Å². The number of fused-ring (bicyclic) bond motifs is 1. The van der Waals surface area contributed by atoms with Gasteiger partial charge in [-0.1, -0.05) is 12.1 Å². The summed E-state index contributed by atoms with van der Waals surface area (Å²) in [6.45, 7) is 4.92. The second-order valence-corrected chi connectivity index (χ2v) is 7.63. The van der Waals surface area contributed by atoms with Crippen molar-refractivity contribution in [1.82, 2.24) is 10.2 Å². The Bertz CT molecular complexity index is 1130. The predicted octanol–water partition coefficient (Wildman–Crippen LogP) is 5.05. The molecule has 0 atom stereocenters. The minimum atomic E-state index is -0.620. The molecule has 0 aliphatic heterocycles. The van der Waals surface area contributed by atoms with Crippen LogP contribution in [0.25, 0.3) is 11.3 Å². The summed E-state index contributed by atoms with van der Waals surface area (Å²) in [6.07, 6.45) is 4.71. The molecule has 1 aromatic carbocycles. The number of aromatic nitrogens is 2. The summed E-state index contributed by atoms with van der Waals surface area (Å²) in [5.41, 5.74) is 4.88. The van der Waals surface area contributed by atoms with Gasteiger partial charge in [0, 0.05) is 5.56 Å². The van der Waals surface area contributed by atoms with Crippen molar-refractivity contribution in [2.45, 2.75) is 46.5 Å². The van der Waals surface area contributed by atoms with Gasteiger partial charge in [-0.05, 0) is 75.8 Å². The van der Waals surface area contributed by atoms with E-state index in [1.165, 1.54) is 30.9 Å². The van der Waals surface area contributed by atoms with Crippen molar-refractivity contribution < 1.29 is 18.7 Å². The number of ketones is 1. The fraction of sp³-hybridized carbons (Fsp3) is 0.333. The van der Waals surface area contributed by atoms with Crippen molar-refractivity contribution >= 4 is 23.5 Å². The standard InChI is InChI=1S/C24H25N3O4/c1-4-30-24(29)22-21(14(2)28)15(3)31-23(22)25-20-12-11-19(26-27-20)18-10-9-16-7-5-6-8-17(16)13-18/h9-13H,4-8H2,1-3H3,(H,25,27). The summed E-state index contributed by atoms with van der Waals surface area (Å²) < 4.78 is 10.8. The van der Waals surface area contributed by atoms with Crippen LogP contribution in [0.3, 0.4) is 0 Å².